The minimum absolute atomic E-state index is 0.0845. The third-order valence-electron chi connectivity index (χ3n) is 6.79. The van der Waals surface area contributed by atoms with E-state index in [2.05, 4.69) is 10.1 Å². The van der Waals surface area contributed by atoms with E-state index in [-0.39, 0.29) is 35.1 Å². The number of halogens is 3. The van der Waals surface area contributed by atoms with Gasteiger partial charge in [-0.25, -0.2) is 4.79 Å². The number of hydrogen-bond donors (Lipinski definition) is 1. The van der Waals surface area contributed by atoms with Crippen LogP contribution in [0.15, 0.2) is 48.5 Å². The lowest BCUT2D eigenvalue weighted by atomic mass is 9.78. The number of benzene rings is 2. The smallest absolute Gasteiger partial charge is 0.495 e. The van der Waals surface area contributed by atoms with E-state index >= 15 is 0 Å². The molecule has 2 aromatic rings. The molecule has 2 fully saturated rings. The van der Waals surface area contributed by atoms with Crippen molar-refractivity contribution < 1.29 is 32.2 Å². The number of methoxy groups -OCH3 is 1. The summed E-state index contributed by atoms with van der Waals surface area (Å²) in [4.78, 5) is 29.1. The molecular weight excluding hydrogens is 463 g/mol. The second-order valence-electron chi connectivity index (χ2n) is 9.02. The molecule has 0 unspecified atom stereocenters. The molecule has 0 saturated carbocycles. The first-order chi connectivity index (χ1) is 16.7. The molecule has 2 aliphatic rings. The average molecular weight is 492 g/mol. The number of nitrogens with one attached hydrogen (secondary N) is 1. The predicted molar refractivity (Wildman–Crippen MR) is 123 cm³/mol. The van der Waals surface area contributed by atoms with E-state index in [9.17, 15) is 22.8 Å². The Morgan fingerprint density at radius 3 is 2.20 bits per heavy atom. The van der Waals surface area contributed by atoms with Gasteiger partial charge in [-0.1, -0.05) is 30.3 Å². The van der Waals surface area contributed by atoms with E-state index in [0.717, 1.165) is 19.3 Å². The Kier molecular flexibility index (Phi) is 7.09. The molecule has 0 aliphatic carbocycles. The first-order valence-electron chi connectivity index (χ1n) is 11.5. The zero-order valence-electron chi connectivity index (χ0n) is 19.4. The number of hydrogen-bond acceptors (Lipinski definition) is 4. The van der Waals surface area contributed by atoms with E-state index in [1.54, 1.807) is 35.1 Å². The number of rotatable bonds is 5. The molecule has 4 rings (SSSR count). The van der Waals surface area contributed by atoms with Gasteiger partial charge in [-0.05, 0) is 42.9 Å². The first kappa shape index (κ1) is 24.7. The summed E-state index contributed by atoms with van der Waals surface area (Å²) in [6.07, 6.45) is -2.66. The third kappa shape index (κ3) is 5.98. The van der Waals surface area contributed by atoms with Gasteiger partial charge in [-0.2, -0.15) is 0 Å². The van der Waals surface area contributed by atoms with Crippen LogP contribution in [0.25, 0.3) is 0 Å². The minimum Gasteiger partial charge on any atom is -0.495 e. The van der Waals surface area contributed by atoms with Crippen LogP contribution < -0.4 is 14.8 Å². The van der Waals surface area contributed by atoms with Gasteiger partial charge in [-0.15, -0.1) is 13.2 Å². The number of nitrogens with zero attached hydrogens (tertiary/aromatic N) is 2. The van der Waals surface area contributed by atoms with Crippen molar-refractivity contribution in [1.29, 1.82) is 0 Å². The lowest BCUT2D eigenvalue weighted by Gasteiger charge is -2.39. The number of carbonyl (C=O) groups is 2. The fraction of sp³-hybridized carbons (Fsp3) is 0.440. The highest BCUT2D eigenvalue weighted by atomic mass is 19.4. The SMILES string of the molecule is COc1ccccc1NC(=O)N1CCC2(CCN(C(=O)Cc3ccccc3OC(F)(F)F)C2)CC1. The Morgan fingerprint density at radius 2 is 1.54 bits per heavy atom. The summed E-state index contributed by atoms with van der Waals surface area (Å²) in [7, 11) is 1.55. The maximum absolute atomic E-state index is 12.9. The number of anilines is 1. The van der Waals surface area contributed by atoms with Gasteiger partial charge in [0.1, 0.15) is 11.5 Å². The van der Waals surface area contributed by atoms with Gasteiger partial charge in [0.05, 0.1) is 19.2 Å². The number of para-hydroxylation sites is 3. The topological polar surface area (TPSA) is 71.1 Å². The van der Waals surface area contributed by atoms with Crippen molar-refractivity contribution in [1.82, 2.24) is 9.80 Å². The molecule has 0 atom stereocenters. The molecule has 2 aliphatic heterocycles. The van der Waals surface area contributed by atoms with Crippen molar-refractivity contribution in [2.75, 3.05) is 38.6 Å². The van der Waals surface area contributed by atoms with Crippen molar-refractivity contribution >= 4 is 17.6 Å². The summed E-state index contributed by atoms with van der Waals surface area (Å²) in [5.41, 5.74) is 0.727. The summed E-state index contributed by atoms with van der Waals surface area (Å²) in [6, 6.07) is 12.7. The molecule has 35 heavy (non-hydrogen) atoms. The zero-order valence-corrected chi connectivity index (χ0v) is 19.4. The first-order valence-corrected chi connectivity index (χ1v) is 11.5. The summed E-state index contributed by atoms with van der Waals surface area (Å²) in [6.45, 7) is 2.21. The van der Waals surface area contributed by atoms with E-state index in [1.807, 2.05) is 12.1 Å². The summed E-state index contributed by atoms with van der Waals surface area (Å²) >= 11 is 0. The summed E-state index contributed by atoms with van der Waals surface area (Å²) in [5.74, 6) is 0.00885. The number of urea groups is 1. The highest BCUT2D eigenvalue weighted by molar-refractivity contribution is 5.91. The summed E-state index contributed by atoms with van der Waals surface area (Å²) in [5, 5.41) is 2.89. The fourth-order valence-electron chi connectivity index (χ4n) is 4.83. The average Bonchev–Trinajstić information content (AvgIpc) is 3.24. The lowest BCUT2D eigenvalue weighted by molar-refractivity contribution is -0.274. The van der Waals surface area contributed by atoms with Crippen molar-refractivity contribution in [3.05, 3.63) is 54.1 Å². The minimum atomic E-state index is -4.82. The van der Waals surface area contributed by atoms with Gasteiger partial charge in [0.2, 0.25) is 5.91 Å². The molecule has 1 spiro atoms. The van der Waals surface area contributed by atoms with Crippen molar-refractivity contribution in [3.8, 4) is 11.5 Å². The van der Waals surface area contributed by atoms with Crippen LogP contribution in [0.1, 0.15) is 24.8 Å². The Labute approximate surface area is 201 Å². The molecule has 2 heterocycles. The van der Waals surface area contributed by atoms with Crippen LogP contribution in [0.2, 0.25) is 0 Å². The number of amides is 3. The largest absolute Gasteiger partial charge is 0.573 e. The molecule has 0 radical (unpaired) electrons. The Hall–Kier alpha value is -3.43. The molecule has 3 amide bonds. The molecule has 2 aromatic carbocycles. The molecular formula is C25H28F3N3O4. The van der Waals surface area contributed by atoms with Gasteiger partial charge in [-0.3, -0.25) is 4.79 Å². The van der Waals surface area contributed by atoms with Crippen LogP contribution in [0.5, 0.6) is 11.5 Å². The molecule has 1 N–H and O–H groups in total. The Balaban J connectivity index is 1.31. The van der Waals surface area contributed by atoms with Crippen molar-refractivity contribution in [2.45, 2.75) is 32.0 Å². The Morgan fingerprint density at radius 1 is 0.943 bits per heavy atom. The normalized spacial score (nSPS) is 17.4. The van der Waals surface area contributed by atoms with Crippen LogP contribution in [-0.4, -0.2) is 61.4 Å². The maximum Gasteiger partial charge on any atom is 0.573 e. The van der Waals surface area contributed by atoms with E-state index in [0.29, 0.717) is 37.6 Å². The number of carbonyl (C=O) groups excluding carboxylic acids is 2. The standard InChI is InChI=1S/C25H28F3N3O4/c1-34-21-9-5-3-7-19(21)29-23(33)30-13-10-24(11-14-30)12-15-31(17-24)22(32)16-18-6-2-4-8-20(18)35-25(26,27)28/h2-9H,10-17H2,1H3,(H,29,33). The van der Waals surface area contributed by atoms with E-state index in [1.165, 1.54) is 18.2 Å². The highest BCUT2D eigenvalue weighted by Crippen LogP contribution is 2.41. The van der Waals surface area contributed by atoms with Gasteiger partial charge in [0.25, 0.3) is 0 Å². The van der Waals surface area contributed by atoms with Crippen LogP contribution >= 0.6 is 0 Å². The van der Waals surface area contributed by atoms with Crippen LogP contribution in [0.4, 0.5) is 23.7 Å². The third-order valence-corrected chi connectivity index (χ3v) is 6.79. The van der Waals surface area contributed by atoms with Crippen LogP contribution in [0, 0.1) is 5.41 Å². The lowest BCUT2D eigenvalue weighted by Crippen LogP contribution is -2.46. The van der Waals surface area contributed by atoms with Crippen molar-refractivity contribution in [2.24, 2.45) is 5.41 Å². The second-order valence-corrected chi connectivity index (χ2v) is 9.02. The van der Waals surface area contributed by atoms with E-state index < -0.39 is 6.36 Å². The molecule has 188 valence electrons. The number of likely N-dealkylation sites (tertiary alicyclic amines) is 2. The number of piperidine rings is 1. The molecule has 0 bridgehead atoms. The van der Waals surface area contributed by atoms with Crippen LogP contribution in [0.3, 0.4) is 0 Å². The highest BCUT2D eigenvalue weighted by Gasteiger charge is 2.43. The zero-order chi connectivity index (χ0) is 25.1. The molecule has 10 heteroatoms. The van der Waals surface area contributed by atoms with Gasteiger partial charge in [0, 0.05) is 31.7 Å². The monoisotopic (exact) mass is 491 g/mol. The van der Waals surface area contributed by atoms with Crippen LogP contribution in [-0.2, 0) is 11.2 Å². The van der Waals surface area contributed by atoms with Gasteiger partial charge in [0.15, 0.2) is 0 Å². The predicted octanol–water partition coefficient (Wildman–Crippen LogP) is 4.68. The second kappa shape index (κ2) is 10.1. The maximum atomic E-state index is 12.9. The quantitative estimate of drug-likeness (QED) is 0.659. The number of ether oxygens (including phenoxy) is 2. The van der Waals surface area contributed by atoms with Gasteiger partial charge < -0.3 is 24.6 Å². The molecule has 0 aromatic heterocycles. The fourth-order valence-corrected chi connectivity index (χ4v) is 4.83. The molecule has 7 nitrogen and oxygen atoms in total. The van der Waals surface area contributed by atoms with Gasteiger partial charge >= 0.3 is 12.4 Å². The van der Waals surface area contributed by atoms with E-state index in [4.69, 9.17) is 4.74 Å². The summed E-state index contributed by atoms with van der Waals surface area (Å²) < 4.78 is 47.4. The molecule has 2 saturated heterocycles. The Bertz CT molecular complexity index is 1070. The van der Waals surface area contributed by atoms with Crippen molar-refractivity contribution in [3.63, 3.8) is 0 Å². The number of alkyl halides is 3.